The lowest BCUT2D eigenvalue weighted by Gasteiger charge is -2.10. The first-order valence-corrected chi connectivity index (χ1v) is 7.67. The lowest BCUT2D eigenvalue weighted by molar-refractivity contribution is 0.0515. The van der Waals surface area contributed by atoms with Gasteiger partial charge in [0, 0.05) is 11.9 Å². The summed E-state index contributed by atoms with van der Waals surface area (Å²) in [5.74, 6) is -0.942. The maximum atomic E-state index is 13.7. The van der Waals surface area contributed by atoms with E-state index in [2.05, 4.69) is 0 Å². The van der Waals surface area contributed by atoms with E-state index < -0.39 is 11.8 Å². The van der Waals surface area contributed by atoms with Crippen LogP contribution in [0.25, 0.3) is 10.9 Å². The molecular weight excluding hydrogens is 317 g/mol. The molecule has 3 rings (SSSR count). The lowest BCUT2D eigenvalue weighted by Crippen LogP contribution is -2.12. The van der Waals surface area contributed by atoms with E-state index in [9.17, 15) is 9.18 Å². The third kappa shape index (κ3) is 3.08. The van der Waals surface area contributed by atoms with Crippen molar-refractivity contribution in [1.29, 1.82) is 0 Å². The highest BCUT2D eigenvalue weighted by atomic mass is 35.5. The number of carbonyl (C=O) groups excluding carboxylic acids is 1. The van der Waals surface area contributed by atoms with Crippen LogP contribution in [0.4, 0.5) is 4.39 Å². The summed E-state index contributed by atoms with van der Waals surface area (Å²) in [5, 5.41) is 0.645. The van der Waals surface area contributed by atoms with Crippen molar-refractivity contribution in [3.8, 4) is 0 Å². The SMILES string of the molecule is CCOC(=O)c1cc2cc(F)c(Cl)cc2n1Cc1ccccc1. The van der Waals surface area contributed by atoms with E-state index in [1.807, 2.05) is 30.3 Å². The molecule has 1 heterocycles. The fourth-order valence-electron chi connectivity index (χ4n) is 2.57. The van der Waals surface area contributed by atoms with Gasteiger partial charge in [0.1, 0.15) is 11.5 Å². The van der Waals surface area contributed by atoms with E-state index >= 15 is 0 Å². The Morgan fingerprint density at radius 1 is 1.22 bits per heavy atom. The van der Waals surface area contributed by atoms with Crippen LogP contribution < -0.4 is 0 Å². The zero-order chi connectivity index (χ0) is 16.4. The summed E-state index contributed by atoms with van der Waals surface area (Å²) in [7, 11) is 0. The molecule has 2 aromatic carbocycles. The quantitative estimate of drug-likeness (QED) is 0.651. The number of esters is 1. The van der Waals surface area contributed by atoms with Gasteiger partial charge in [0.15, 0.2) is 0 Å². The molecule has 3 nitrogen and oxygen atoms in total. The molecule has 3 aromatic rings. The normalized spacial score (nSPS) is 10.9. The van der Waals surface area contributed by atoms with E-state index in [1.54, 1.807) is 17.6 Å². The van der Waals surface area contributed by atoms with Crippen LogP contribution in [-0.4, -0.2) is 17.1 Å². The van der Waals surface area contributed by atoms with Crippen LogP contribution in [0.5, 0.6) is 0 Å². The van der Waals surface area contributed by atoms with Gasteiger partial charge in [-0.25, -0.2) is 9.18 Å². The highest BCUT2D eigenvalue weighted by Crippen LogP contribution is 2.27. The van der Waals surface area contributed by atoms with Gasteiger partial charge in [-0.1, -0.05) is 41.9 Å². The average Bonchev–Trinajstić information content (AvgIpc) is 2.87. The smallest absolute Gasteiger partial charge is 0.354 e. The van der Waals surface area contributed by atoms with Gasteiger partial charge in [0.25, 0.3) is 0 Å². The Labute approximate surface area is 138 Å². The van der Waals surface area contributed by atoms with E-state index in [1.165, 1.54) is 12.1 Å². The number of benzene rings is 2. The first-order valence-electron chi connectivity index (χ1n) is 7.29. The van der Waals surface area contributed by atoms with Crippen molar-refractivity contribution in [3.63, 3.8) is 0 Å². The minimum atomic E-state index is -0.508. The second kappa shape index (κ2) is 6.42. The number of aromatic nitrogens is 1. The van der Waals surface area contributed by atoms with Gasteiger partial charge >= 0.3 is 5.97 Å². The Balaban J connectivity index is 2.16. The second-order valence-corrected chi connectivity index (χ2v) is 5.55. The van der Waals surface area contributed by atoms with Gasteiger partial charge < -0.3 is 9.30 Å². The molecule has 0 aliphatic carbocycles. The summed E-state index contributed by atoms with van der Waals surface area (Å²) < 4.78 is 20.6. The lowest BCUT2D eigenvalue weighted by atomic mass is 10.2. The summed E-state index contributed by atoms with van der Waals surface area (Å²) in [4.78, 5) is 12.2. The molecule has 0 saturated heterocycles. The molecule has 0 saturated carbocycles. The third-order valence-electron chi connectivity index (χ3n) is 3.61. The Kier molecular flexibility index (Phi) is 4.35. The van der Waals surface area contributed by atoms with E-state index in [-0.39, 0.29) is 11.6 Å². The van der Waals surface area contributed by atoms with E-state index in [0.717, 1.165) is 5.56 Å². The van der Waals surface area contributed by atoms with Crippen LogP contribution >= 0.6 is 11.6 Å². The molecule has 0 bridgehead atoms. The molecular formula is C18H15ClFNO2. The Hall–Kier alpha value is -2.33. The molecule has 0 aliphatic heterocycles. The predicted octanol–water partition coefficient (Wildman–Crippen LogP) is 4.66. The predicted molar refractivity (Wildman–Crippen MR) is 88.4 cm³/mol. The van der Waals surface area contributed by atoms with Crippen LogP contribution in [0.15, 0.2) is 48.5 Å². The minimum Gasteiger partial charge on any atom is -0.461 e. The van der Waals surface area contributed by atoms with Gasteiger partial charge in [-0.15, -0.1) is 0 Å². The van der Waals surface area contributed by atoms with Crippen molar-refractivity contribution in [3.05, 3.63) is 70.6 Å². The van der Waals surface area contributed by atoms with Crippen LogP contribution in [0.2, 0.25) is 5.02 Å². The molecule has 0 aliphatic rings. The minimum absolute atomic E-state index is 0.0281. The molecule has 5 heteroatoms. The van der Waals surface area contributed by atoms with Gasteiger partial charge in [-0.3, -0.25) is 0 Å². The molecule has 0 spiro atoms. The molecule has 118 valence electrons. The summed E-state index contributed by atoms with van der Waals surface area (Å²) in [6.07, 6.45) is 0. The average molecular weight is 332 g/mol. The molecule has 0 N–H and O–H groups in total. The standard InChI is InChI=1S/C18H15ClFNO2/c1-2-23-18(22)17-9-13-8-15(20)14(19)10-16(13)21(17)11-12-6-4-3-5-7-12/h3-10H,2,11H2,1H3. The topological polar surface area (TPSA) is 31.2 Å². The van der Waals surface area contributed by atoms with Crippen molar-refractivity contribution in [2.45, 2.75) is 13.5 Å². The number of fused-ring (bicyclic) bond motifs is 1. The summed E-state index contributed by atoms with van der Waals surface area (Å²) in [6.45, 7) is 2.50. The van der Waals surface area contributed by atoms with Crippen LogP contribution in [0.3, 0.4) is 0 Å². The number of carbonyl (C=O) groups is 1. The zero-order valence-electron chi connectivity index (χ0n) is 12.6. The molecule has 0 amide bonds. The maximum absolute atomic E-state index is 13.7. The van der Waals surface area contributed by atoms with Crippen molar-refractivity contribution in [2.75, 3.05) is 6.61 Å². The van der Waals surface area contributed by atoms with Crippen molar-refractivity contribution < 1.29 is 13.9 Å². The number of halogens is 2. The molecule has 0 unspecified atom stereocenters. The highest BCUT2D eigenvalue weighted by Gasteiger charge is 2.18. The molecule has 0 fully saturated rings. The second-order valence-electron chi connectivity index (χ2n) is 5.15. The molecule has 1 aromatic heterocycles. The Morgan fingerprint density at radius 3 is 2.65 bits per heavy atom. The first kappa shape index (κ1) is 15.6. The summed E-state index contributed by atoms with van der Waals surface area (Å²) in [6, 6.07) is 14.2. The third-order valence-corrected chi connectivity index (χ3v) is 3.90. The zero-order valence-corrected chi connectivity index (χ0v) is 13.3. The Morgan fingerprint density at radius 2 is 1.96 bits per heavy atom. The fraction of sp³-hybridized carbons (Fsp3) is 0.167. The number of ether oxygens (including phenoxy) is 1. The number of hydrogen-bond donors (Lipinski definition) is 0. The van der Waals surface area contributed by atoms with Crippen molar-refractivity contribution >= 4 is 28.5 Å². The molecule has 0 radical (unpaired) electrons. The van der Waals surface area contributed by atoms with E-state index in [4.69, 9.17) is 16.3 Å². The van der Waals surface area contributed by atoms with Crippen LogP contribution in [-0.2, 0) is 11.3 Å². The maximum Gasteiger partial charge on any atom is 0.354 e. The molecule has 0 atom stereocenters. The number of nitrogens with zero attached hydrogens (tertiary/aromatic N) is 1. The first-order chi connectivity index (χ1) is 11.1. The Bertz CT molecular complexity index is 858. The van der Waals surface area contributed by atoms with Gasteiger partial charge in [0.2, 0.25) is 0 Å². The molecule has 23 heavy (non-hydrogen) atoms. The van der Waals surface area contributed by atoms with Gasteiger partial charge in [-0.05, 0) is 30.7 Å². The largest absolute Gasteiger partial charge is 0.461 e. The van der Waals surface area contributed by atoms with Crippen LogP contribution in [0, 0.1) is 5.82 Å². The number of hydrogen-bond acceptors (Lipinski definition) is 2. The highest BCUT2D eigenvalue weighted by molar-refractivity contribution is 6.31. The summed E-state index contributed by atoms with van der Waals surface area (Å²) >= 11 is 5.91. The van der Waals surface area contributed by atoms with Gasteiger partial charge in [-0.2, -0.15) is 0 Å². The summed E-state index contributed by atoms with van der Waals surface area (Å²) in [5.41, 5.74) is 2.10. The van der Waals surface area contributed by atoms with Crippen molar-refractivity contribution in [1.82, 2.24) is 4.57 Å². The van der Waals surface area contributed by atoms with Gasteiger partial charge in [0.05, 0.1) is 17.1 Å². The van der Waals surface area contributed by atoms with E-state index in [0.29, 0.717) is 23.1 Å². The fourth-order valence-corrected chi connectivity index (χ4v) is 2.72. The van der Waals surface area contributed by atoms with Crippen LogP contribution in [0.1, 0.15) is 23.0 Å². The number of rotatable bonds is 4. The monoisotopic (exact) mass is 331 g/mol. The van der Waals surface area contributed by atoms with Crippen molar-refractivity contribution in [2.24, 2.45) is 0 Å².